The predicted molar refractivity (Wildman–Crippen MR) is 93.0 cm³/mol. The smallest absolute Gasteiger partial charge is 0.250 e. The second-order valence-corrected chi connectivity index (χ2v) is 10.3. The molecule has 0 saturated carbocycles. The van der Waals surface area contributed by atoms with Crippen LogP contribution < -0.4 is 9.44 Å². The Morgan fingerprint density at radius 2 is 1.83 bits per heavy atom. The Morgan fingerprint density at radius 3 is 2.39 bits per heavy atom. The maximum Gasteiger partial charge on any atom is 0.250 e. The van der Waals surface area contributed by atoms with Crippen molar-refractivity contribution in [2.45, 2.75) is 17.2 Å². The quantitative estimate of drug-likeness (QED) is 0.787. The Labute approximate surface area is 144 Å². The van der Waals surface area contributed by atoms with E-state index < -0.39 is 26.1 Å². The van der Waals surface area contributed by atoms with Crippen LogP contribution in [0.4, 0.5) is 5.69 Å². The van der Waals surface area contributed by atoms with Crippen LogP contribution in [0.5, 0.6) is 0 Å². The van der Waals surface area contributed by atoms with Crippen LogP contribution in [0.15, 0.2) is 40.6 Å². The minimum Gasteiger partial charge on any atom is -0.284 e. The van der Waals surface area contributed by atoms with Crippen LogP contribution in [0.25, 0.3) is 0 Å². The summed E-state index contributed by atoms with van der Waals surface area (Å²) in [6.45, 7) is 1.67. The molecule has 2 N–H and O–H groups in total. The van der Waals surface area contributed by atoms with Gasteiger partial charge in [-0.25, -0.2) is 21.6 Å². The fraction of sp³-hybridized carbons (Fsp3) is 0.231. The monoisotopic (exact) mass is 394 g/mol. The van der Waals surface area contributed by atoms with Crippen LogP contribution in [0.3, 0.4) is 0 Å². The molecule has 126 valence electrons. The van der Waals surface area contributed by atoms with E-state index in [1.165, 1.54) is 12.1 Å². The van der Waals surface area contributed by atoms with Crippen LogP contribution >= 0.6 is 22.9 Å². The van der Waals surface area contributed by atoms with Gasteiger partial charge in [-0.15, -0.1) is 11.3 Å². The number of benzene rings is 1. The third-order valence-electron chi connectivity index (χ3n) is 2.84. The van der Waals surface area contributed by atoms with Crippen molar-refractivity contribution in [2.75, 3.05) is 11.0 Å². The predicted octanol–water partition coefficient (Wildman–Crippen LogP) is 2.81. The second kappa shape index (κ2) is 6.78. The molecule has 23 heavy (non-hydrogen) atoms. The second-order valence-electron chi connectivity index (χ2n) is 4.90. The number of hydrogen-bond acceptors (Lipinski definition) is 5. The standard InChI is InChI=1S/C13H15ClN2O4S3/c1-9(15-23(19,20)13-7-6-12(14)21-13)10-4-3-5-11(8-10)16-22(2,17)18/h3-9,15-16H,1-2H3. The van der Waals surface area contributed by atoms with Crippen molar-refractivity contribution in [1.29, 1.82) is 0 Å². The molecule has 0 bridgehead atoms. The van der Waals surface area contributed by atoms with Gasteiger partial charge in [-0.1, -0.05) is 23.7 Å². The molecule has 10 heteroatoms. The first kappa shape index (κ1) is 18.2. The summed E-state index contributed by atoms with van der Waals surface area (Å²) < 4.78 is 52.5. The highest BCUT2D eigenvalue weighted by Gasteiger charge is 2.20. The van der Waals surface area contributed by atoms with Gasteiger partial charge in [0.05, 0.1) is 10.6 Å². The fourth-order valence-corrected chi connectivity index (χ4v) is 5.17. The lowest BCUT2D eigenvalue weighted by atomic mass is 10.1. The maximum absolute atomic E-state index is 12.3. The van der Waals surface area contributed by atoms with Crippen molar-refractivity contribution in [3.63, 3.8) is 0 Å². The van der Waals surface area contributed by atoms with E-state index in [0.717, 1.165) is 17.6 Å². The molecule has 0 aliphatic rings. The molecular weight excluding hydrogens is 380 g/mol. The number of hydrogen-bond donors (Lipinski definition) is 2. The molecule has 1 aromatic heterocycles. The van der Waals surface area contributed by atoms with E-state index in [1.807, 2.05) is 0 Å². The van der Waals surface area contributed by atoms with Gasteiger partial charge in [-0.2, -0.15) is 0 Å². The molecule has 6 nitrogen and oxygen atoms in total. The zero-order valence-corrected chi connectivity index (χ0v) is 15.5. The van der Waals surface area contributed by atoms with Gasteiger partial charge < -0.3 is 0 Å². The Kier molecular flexibility index (Phi) is 5.37. The van der Waals surface area contributed by atoms with Gasteiger partial charge in [0.1, 0.15) is 4.21 Å². The van der Waals surface area contributed by atoms with Crippen LogP contribution in [0.2, 0.25) is 4.34 Å². The summed E-state index contributed by atoms with van der Waals surface area (Å²) in [6, 6.07) is 8.94. The number of halogens is 1. The molecule has 0 saturated heterocycles. The van der Waals surface area contributed by atoms with Crippen molar-refractivity contribution in [3.05, 3.63) is 46.3 Å². The van der Waals surface area contributed by atoms with E-state index in [4.69, 9.17) is 11.6 Å². The lowest BCUT2D eigenvalue weighted by Gasteiger charge is -2.15. The van der Waals surface area contributed by atoms with Crippen molar-refractivity contribution < 1.29 is 16.8 Å². The normalized spacial score (nSPS) is 13.7. The minimum atomic E-state index is -3.69. The van der Waals surface area contributed by atoms with Crippen LogP contribution in [-0.2, 0) is 20.0 Å². The fourth-order valence-electron chi connectivity index (χ4n) is 1.89. The molecule has 0 fully saturated rings. The average Bonchev–Trinajstić information content (AvgIpc) is 2.84. The summed E-state index contributed by atoms with van der Waals surface area (Å²) in [5.74, 6) is 0. The Morgan fingerprint density at radius 1 is 1.13 bits per heavy atom. The van der Waals surface area contributed by atoms with Crippen LogP contribution in [0, 0.1) is 0 Å². The molecule has 0 spiro atoms. The first-order valence-corrected chi connectivity index (χ1v) is 11.0. The maximum atomic E-state index is 12.3. The van der Waals surface area contributed by atoms with Gasteiger partial charge >= 0.3 is 0 Å². The summed E-state index contributed by atoms with van der Waals surface area (Å²) in [7, 11) is -7.09. The van der Waals surface area contributed by atoms with Gasteiger partial charge in [0.15, 0.2) is 0 Å². The lowest BCUT2D eigenvalue weighted by molar-refractivity contribution is 0.569. The number of sulfonamides is 2. The molecule has 1 aromatic carbocycles. The Balaban J connectivity index is 2.21. The van der Waals surface area contributed by atoms with E-state index in [0.29, 0.717) is 15.6 Å². The molecule has 1 atom stereocenters. The van der Waals surface area contributed by atoms with Gasteiger partial charge in [-0.05, 0) is 36.8 Å². The van der Waals surface area contributed by atoms with E-state index in [2.05, 4.69) is 9.44 Å². The van der Waals surface area contributed by atoms with Crippen molar-refractivity contribution in [3.8, 4) is 0 Å². The molecule has 0 amide bonds. The summed E-state index contributed by atoms with van der Waals surface area (Å²) >= 11 is 6.73. The van der Waals surface area contributed by atoms with Crippen molar-refractivity contribution >= 4 is 48.7 Å². The number of rotatable bonds is 6. The van der Waals surface area contributed by atoms with Gasteiger partial charge in [0, 0.05) is 11.7 Å². The highest BCUT2D eigenvalue weighted by Crippen LogP contribution is 2.27. The van der Waals surface area contributed by atoms with Crippen LogP contribution in [-0.4, -0.2) is 23.1 Å². The SMILES string of the molecule is CC(NS(=O)(=O)c1ccc(Cl)s1)c1cccc(NS(C)(=O)=O)c1. The molecule has 0 aliphatic carbocycles. The van der Waals surface area contributed by atoms with E-state index in [1.54, 1.807) is 31.2 Å². The summed E-state index contributed by atoms with van der Waals surface area (Å²) in [6.07, 6.45) is 1.05. The third kappa shape index (κ3) is 5.18. The first-order chi connectivity index (χ1) is 10.6. The van der Waals surface area contributed by atoms with Gasteiger partial charge in [0.25, 0.3) is 10.0 Å². The first-order valence-electron chi connectivity index (χ1n) is 6.42. The van der Waals surface area contributed by atoms with Crippen molar-refractivity contribution in [1.82, 2.24) is 4.72 Å². The number of nitrogens with one attached hydrogen (secondary N) is 2. The molecule has 1 heterocycles. The Bertz CT molecular complexity index is 907. The summed E-state index contributed by atoms with van der Waals surface area (Å²) in [4.78, 5) is 0. The van der Waals surface area contributed by atoms with Crippen molar-refractivity contribution in [2.24, 2.45) is 0 Å². The molecule has 1 unspecified atom stereocenters. The van der Waals surface area contributed by atoms with Gasteiger partial charge in [-0.3, -0.25) is 4.72 Å². The largest absolute Gasteiger partial charge is 0.284 e. The van der Waals surface area contributed by atoms with E-state index in [-0.39, 0.29) is 4.21 Å². The molecule has 0 aliphatic heterocycles. The highest BCUT2D eigenvalue weighted by molar-refractivity contribution is 7.92. The number of thiophene rings is 1. The zero-order chi connectivity index (χ0) is 17.3. The molecule has 0 radical (unpaired) electrons. The third-order valence-corrected chi connectivity index (χ3v) is 6.71. The molecule has 2 aromatic rings. The zero-order valence-electron chi connectivity index (χ0n) is 12.3. The topological polar surface area (TPSA) is 92.3 Å². The minimum absolute atomic E-state index is 0.125. The lowest BCUT2D eigenvalue weighted by Crippen LogP contribution is -2.26. The molecule has 2 rings (SSSR count). The van der Waals surface area contributed by atoms with E-state index >= 15 is 0 Å². The van der Waals surface area contributed by atoms with Crippen LogP contribution in [0.1, 0.15) is 18.5 Å². The van der Waals surface area contributed by atoms with Gasteiger partial charge in [0.2, 0.25) is 10.0 Å². The van der Waals surface area contributed by atoms with E-state index in [9.17, 15) is 16.8 Å². The molecular formula is C13H15ClN2O4S3. The number of anilines is 1. The summed E-state index contributed by atoms with van der Waals surface area (Å²) in [5.41, 5.74) is 1.00. The highest BCUT2D eigenvalue weighted by atomic mass is 35.5. The average molecular weight is 395 g/mol. The Hall–Kier alpha value is -1.13. The summed E-state index contributed by atoms with van der Waals surface area (Å²) in [5, 5.41) is 0.